The van der Waals surface area contributed by atoms with E-state index in [0.717, 1.165) is 21.7 Å². The summed E-state index contributed by atoms with van der Waals surface area (Å²) in [5.74, 6) is 0. The Morgan fingerprint density at radius 1 is 0.618 bits per heavy atom. The van der Waals surface area contributed by atoms with Crippen LogP contribution in [0.25, 0.3) is 0 Å². The first-order chi connectivity index (χ1) is 16.4. The summed E-state index contributed by atoms with van der Waals surface area (Å²) in [6.07, 6.45) is -1.35. The summed E-state index contributed by atoms with van der Waals surface area (Å²) >= 11 is 6.44. The topological polar surface area (TPSA) is 58.2 Å². The fourth-order valence-corrected chi connectivity index (χ4v) is 8.27. The summed E-state index contributed by atoms with van der Waals surface area (Å²) < 4.78 is 27.9. The molecule has 0 amide bonds. The van der Waals surface area contributed by atoms with Gasteiger partial charge >= 0.3 is 0 Å². The molecule has 4 rings (SSSR count). The number of hydrogen-bond acceptors (Lipinski definition) is 3. The molecule has 174 valence electrons. The fourth-order valence-electron chi connectivity index (χ4n) is 3.99. The van der Waals surface area contributed by atoms with Gasteiger partial charge in [0.2, 0.25) is 10.0 Å². The average molecular weight is 507 g/mol. The standard InChI is InChI=1S/C27H27N2O2PS2/c1-34(30,31)29-27(23-16-8-3-9-17-23)26(22-14-6-2-7-15-22)28-32(33,24-18-10-4-11-19-24)25-20-12-5-13-21-25/h2-21,26-27,29H,1H3,(H,28,33)/t26-,27-/m1/s1. The number of nitrogens with one attached hydrogen (secondary N) is 2. The zero-order valence-corrected chi connectivity index (χ0v) is 21.3. The zero-order chi connectivity index (χ0) is 24.0. The van der Waals surface area contributed by atoms with Gasteiger partial charge in [-0.25, -0.2) is 13.1 Å². The molecule has 4 nitrogen and oxygen atoms in total. The van der Waals surface area contributed by atoms with Crippen molar-refractivity contribution >= 4 is 38.6 Å². The lowest BCUT2D eigenvalue weighted by Crippen LogP contribution is -2.40. The van der Waals surface area contributed by atoms with Crippen LogP contribution in [0.3, 0.4) is 0 Å². The van der Waals surface area contributed by atoms with Crippen molar-refractivity contribution in [3.63, 3.8) is 0 Å². The van der Waals surface area contributed by atoms with E-state index in [1.807, 2.05) is 121 Å². The molecule has 7 heteroatoms. The van der Waals surface area contributed by atoms with Gasteiger partial charge in [0, 0.05) is 10.6 Å². The second kappa shape index (κ2) is 10.8. The molecule has 0 aliphatic carbocycles. The number of sulfonamides is 1. The van der Waals surface area contributed by atoms with Gasteiger partial charge in [0.1, 0.15) is 0 Å². The number of benzene rings is 4. The molecule has 2 N–H and O–H groups in total. The van der Waals surface area contributed by atoms with Crippen molar-refractivity contribution in [2.45, 2.75) is 12.1 Å². The molecule has 0 bridgehead atoms. The molecule has 0 saturated heterocycles. The zero-order valence-electron chi connectivity index (χ0n) is 18.8. The number of hydrogen-bond donors (Lipinski definition) is 2. The molecule has 0 heterocycles. The summed E-state index contributed by atoms with van der Waals surface area (Å²) in [7, 11) is -3.52. The molecule has 0 aromatic heterocycles. The van der Waals surface area contributed by atoms with E-state index in [2.05, 4.69) is 9.81 Å². The Morgan fingerprint density at radius 3 is 1.35 bits per heavy atom. The second-order valence-electron chi connectivity index (χ2n) is 8.08. The van der Waals surface area contributed by atoms with Crippen molar-refractivity contribution in [1.29, 1.82) is 0 Å². The van der Waals surface area contributed by atoms with Crippen LogP contribution >= 0.6 is 6.19 Å². The van der Waals surface area contributed by atoms with Gasteiger partial charge in [-0.3, -0.25) is 5.09 Å². The highest BCUT2D eigenvalue weighted by Crippen LogP contribution is 2.45. The third-order valence-corrected chi connectivity index (χ3v) is 10.5. The maximum atomic E-state index is 12.5. The van der Waals surface area contributed by atoms with Crippen LogP contribution in [0.5, 0.6) is 0 Å². The summed E-state index contributed by atoms with van der Waals surface area (Å²) in [6.45, 7) is 0. The van der Waals surface area contributed by atoms with Crippen molar-refractivity contribution in [2.24, 2.45) is 0 Å². The molecule has 4 aromatic carbocycles. The quantitative estimate of drug-likeness (QED) is 0.325. The second-order valence-corrected chi connectivity index (χ2v) is 14.0. The van der Waals surface area contributed by atoms with Crippen molar-refractivity contribution in [2.75, 3.05) is 6.26 Å². The minimum absolute atomic E-state index is 0.412. The van der Waals surface area contributed by atoms with Crippen molar-refractivity contribution in [1.82, 2.24) is 9.81 Å². The minimum atomic E-state index is -3.52. The highest BCUT2D eigenvalue weighted by molar-refractivity contribution is 8.20. The maximum Gasteiger partial charge on any atom is 0.209 e. The normalized spacial score (nSPS) is 13.8. The van der Waals surface area contributed by atoms with E-state index in [9.17, 15) is 8.42 Å². The summed E-state index contributed by atoms with van der Waals surface area (Å²) in [5, 5.41) is 5.83. The van der Waals surface area contributed by atoms with Crippen LogP contribution in [-0.2, 0) is 21.8 Å². The molecule has 34 heavy (non-hydrogen) atoms. The first-order valence-corrected chi connectivity index (χ1v) is 15.6. The minimum Gasteiger partial charge on any atom is -0.273 e. The lowest BCUT2D eigenvalue weighted by molar-refractivity contribution is 0.486. The van der Waals surface area contributed by atoms with Crippen LogP contribution in [-0.4, -0.2) is 14.7 Å². The molecule has 0 spiro atoms. The van der Waals surface area contributed by atoms with E-state index in [-0.39, 0.29) is 0 Å². The summed E-state index contributed by atoms with van der Waals surface area (Å²) in [6, 6.07) is 38.6. The van der Waals surface area contributed by atoms with Gasteiger partial charge in [-0.15, -0.1) is 0 Å². The van der Waals surface area contributed by atoms with Crippen molar-refractivity contribution in [3.05, 3.63) is 132 Å². The van der Waals surface area contributed by atoms with E-state index in [0.29, 0.717) is 0 Å². The average Bonchev–Trinajstić information content (AvgIpc) is 2.87. The Hall–Kier alpha value is -2.60. The highest BCUT2D eigenvalue weighted by atomic mass is 32.4. The first kappa shape index (κ1) is 24.5. The Labute approximate surface area is 207 Å². The molecule has 0 fully saturated rings. The third kappa shape index (κ3) is 5.90. The van der Waals surface area contributed by atoms with E-state index in [1.54, 1.807) is 0 Å². The van der Waals surface area contributed by atoms with Gasteiger partial charge in [0.15, 0.2) is 0 Å². The van der Waals surface area contributed by atoms with Gasteiger partial charge < -0.3 is 0 Å². The van der Waals surface area contributed by atoms with Crippen molar-refractivity contribution in [3.8, 4) is 0 Å². The molecule has 2 atom stereocenters. The van der Waals surface area contributed by atoms with E-state index in [1.165, 1.54) is 6.26 Å². The Balaban J connectivity index is 1.90. The first-order valence-electron chi connectivity index (χ1n) is 10.9. The van der Waals surface area contributed by atoms with Gasteiger partial charge in [0.05, 0.1) is 24.5 Å². The van der Waals surface area contributed by atoms with Gasteiger partial charge in [-0.05, 0) is 11.1 Å². The lowest BCUT2D eigenvalue weighted by atomic mass is 9.95. The number of rotatable bonds is 9. The predicted octanol–water partition coefficient (Wildman–Crippen LogP) is 4.65. The predicted molar refractivity (Wildman–Crippen MR) is 146 cm³/mol. The van der Waals surface area contributed by atoms with Crippen LogP contribution < -0.4 is 20.4 Å². The van der Waals surface area contributed by atoms with Gasteiger partial charge in [0.25, 0.3) is 0 Å². The van der Waals surface area contributed by atoms with Crippen LogP contribution in [0.4, 0.5) is 0 Å². The SMILES string of the molecule is CS(=O)(=O)N[C@H](c1ccccc1)[C@H](NP(=S)(c1ccccc1)c1ccccc1)c1ccccc1. The van der Waals surface area contributed by atoms with Crippen LogP contribution in [0, 0.1) is 0 Å². The molecule has 0 aliphatic heterocycles. The van der Waals surface area contributed by atoms with E-state index >= 15 is 0 Å². The monoisotopic (exact) mass is 506 g/mol. The smallest absolute Gasteiger partial charge is 0.209 e. The largest absolute Gasteiger partial charge is 0.273 e. The summed E-state index contributed by atoms with van der Waals surface area (Å²) in [4.78, 5) is 0. The Bertz CT molecular complexity index is 1310. The molecule has 4 aromatic rings. The fraction of sp³-hybridized carbons (Fsp3) is 0.111. The van der Waals surface area contributed by atoms with Gasteiger partial charge in [-0.2, -0.15) is 0 Å². The van der Waals surface area contributed by atoms with Crippen molar-refractivity contribution < 1.29 is 8.42 Å². The molecular formula is C27H27N2O2PS2. The molecule has 0 unspecified atom stereocenters. The van der Waals surface area contributed by atoms with Crippen LogP contribution in [0.1, 0.15) is 23.2 Å². The van der Waals surface area contributed by atoms with Crippen LogP contribution in [0.2, 0.25) is 0 Å². The summed E-state index contributed by atoms with van der Waals surface area (Å²) in [5.41, 5.74) is 1.81. The van der Waals surface area contributed by atoms with Crippen LogP contribution in [0.15, 0.2) is 121 Å². The maximum absolute atomic E-state index is 12.5. The van der Waals surface area contributed by atoms with E-state index < -0.39 is 28.3 Å². The molecule has 0 aliphatic rings. The van der Waals surface area contributed by atoms with Gasteiger partial charge in [-0.1, -0.05) is 133 Å². The third-order valence-electron chi connectivity index (χ3n) is 5.55. The molecule has 0 radical (unpaired) electrons. The Kier molecular flexibility index (Phi) is 7.77. The lowest BCUT2D eigenvalue weighted by Gasteiger charge is -2.35. The highest BCUT2D eigenvalue weighted by Gasteiger charge is 2.33. The van der Waals surface area contributed by atoms with E-state index in [4.69, 9.17) is 11.8 Å². The molecular weight excluding hydrogens is 479 g/mol. The molecule has 0 saturated carbocycles. The Morgan fingerprint density at radius 2 is 0.971 bits per heavy atom.